The van der Waals surface area contributed by atoms with Gasteiger partial charge >= 0.3 is 5.97 Å². The molecule has 94 valence electrons. The molecule has 1 rings (SSSR count). The second-order valence-electron chi connectivity index (χ2n) is 3.49. The van der Waals surface area contributed by atoms with Crippen LogP contribution in [-0.2, 0) is 19.6 Å². The Bertz CT molecular complexity index is 470. The zero-order valence-corrected chi connectivity index (χ0v) is 10.5. The molecule has 0 aromatic heterocycles. The molecule has 1 N–H and O–H groups in total. The van der Waals surface area contributed by atoms with Crippen molar-refractivity contribution in [2.45, 2.75) is 13.0 Å². The largest absolute Gasteiger partial charge is 0.465 e. The summed E-state index contributed by atoms with van der Waals surface area (Å²) in [6, 6.07) is 7.58. The van der Waals surface area contributed by atoms with E-state index in [9.17, 15) is 13.2 Å². The van der Waals surface area contributed by atoms with Gasteiger partial charge in [0.05, 0.1) is 12.9 Å². The number of carbonyl (C=O) groups excluding carboxylic acids is 1. The third-order valence-corrected chi connectivity index (χ3v) is 2.65. The van der Waals surface area contributed by atoms with Gasteiger partial charge in [-0.05, 0) is 12.5 Å². The first kappa shape index (κ1) is 13.7. The molecule has 1 atom stereocenters. The van der Waals surface area contributed by atoms with Crippen LogP contribution < -0.4 is 4.72 Å². The van der Waals surface area contributed by atoms with Crippen LogP contribution in [0.15, 0.2) is 30.3 Å². The van der Waals surface area contributed by atoms with Gasteiger partial charge in [0.1, 0.15) is 6.04 Å². The van der Waals surface area contributed by atoms with Crippen molar-refractivity contribution in [3.8, 4) is 0 Å². The van der Waals surface area contributed by atoms with Crippen molar-refractivity contribution in [2.75, 3.05) is 12.9 Å². The normalized spacial score (nSPS) is 13.1. The molecule has 6 heteroatoms. The first-order chi connectivity index (χ1) is 7.94. The molecule has 0 aliphatic heterocycles. The van der Waals surface area contributed by atoms with Gasteiger partial charge in [-0.2, -0.15) is 4.72 Å². The van der Waals surface area contributed by atoms with Crippen LogP contribution in [0.4, 0.5) is 0 Å². The Hall–Kier alpha value is -1.40. The minimum absolute atomic E-state index is 0.202. The molecule has 0 saturated heterocycles. The van der Waals surface area contributed by atoms with Crippen LogP contribution in [0.2, 0.25) is 0 Å². The molecule has 0 saturated carbocycles. The quantitative estimate of drug-likeness (QED) is 0.793. The highest BCUT2D eigenvalue weighted by atomic mass is 32.2. The van der Waals surface area contributed by atoms with E-state index in [1.54, 1.807) is 37.3 Å². The van der Waals surface area contributed by atoms with Crippen molar-refractivity contribution in [1.29, 1.82) is 0 Å². The summed E-state index contributed by atoms with van der Waals surface area (Å²) >= 11 is 0. The van der Waals surface area contributed by atoms with Gasteiger partial charge in [0, 0.05) is 0 Å². The molecule has 1 aromatic carbocycles. The van der Waals surface area contributed by atoms with Crippen LogP contribution in [0, 0.1) is 0 Å². The van der Waals surface area contributed by atoms with Gasteiger partial charge in [-0.15, -0.1) is 0 Å². The number of benzene rings is 1. The maximum absolute atomic E-state index is 11.7. The molecule has 0 radical (unpaired) electrons. The maximum atomic E-state index is 11.7. The number of esters is 1. The molecule has 0 aliphatic carbocycles. The van der Waals surface area contributed by atoms with Gasteiger partial charge in [-0.3, -0.25) is 0 Å². The fourth-order valence-corrected chi connectivity index (χ4v) is 2.00. The highest BCUT2D eigenvalue weighted by Crippen LogP contribution is 2.15. The van der Waals surface area contributed by atoms with E-state index in [0.29, 0.717) is 5.56 Å². The maximum Gasteiger partial charge on any atom is 0.328 e. The van der Waals surface area contributed by atoms with Gasteiger partial charge in [-0.1, -0.05) is 30.3 Å². The molecule has 0 heterocycles. The lowest BCUT2D eigenvalue weighted by molar-refractivity contribution is -0.145. The monoisotopic (exact) mass is 257 g/mol. The Balaban J connectivity index is 2.99. The molecule has 1 aromatic rings. The number of rotatable bonds is 5. The molecular weight excluding hydrogens is 242 g/mol. The molecule has 0 spiro atoms. The van der Waals surface area contributed by atoms with E-state index in [0.717, 1.165) is 6.26 Å². The Morgan fingerprint density at radius 2 is 1.94 bits per heavy atom. The average molecular weight is 257 g/mol. The van der Waals surface area contributed by atoms with Crippen LogP contribution >= 0.6 is 0 Å². The topological polar surface area (TPSA) is 72.5 Å². The van der Waals surface area contributed by atoms with Crippen LogP contribution in [0.3, 0.4) is 0 Å². The number of hydrogen-bond acceptors (Lipinski definition) is 4. The number of carbonyl (C=O) groups is 1. The number of hydrogen-bond donors (Lipinski definition) is 1. The van der Waals surface area contributed by atoms with Gasteiger partial charge < -0.3 is 4.74 Å². The summed E-state index contributed by atoms with van der Waals surface area (Å²) in [5, 5.41) is 0. The van der Waals surface area contributed by atoms with Crippen LogP contribution in [0.25, 0.3) is 0 Å². The van der Waals surface area contributed by atoms with Crippen molar-refractivity contribution in [1.82, 2.24) is 4.72 Å². The van der Waals surface area contributed by atoms with Crippen molar-refractivity contribution < 1.29 is 17.9 Å². The lowest BCUT2D eigenvalue weighted by Gasteiger charge is -2.16. The van der Waals surface area contributed by atoms with E-state index in [2.05, 4.69) is 4.72 Å². The molecular formula is C11H15NO4S. The van der Waals surface area contributed by atoms with E-state index in [1.165, 1.54) is 0 Å². The summed E-state index contributed by atoms with van der Waals surface area (Å²) in [7, 11) is -3.49. The molecule has 5 nitrogen and oxygen atoms in total. The summed E-state index contributed by atoms with van der Waals surface area (Å²) in [5.41, 5.74) is 0.552. The third kappa shape index (κ3) is 4.54. The number of nitrogens with one attached hydrogen (secondary N) is 1. The molecule has 0 fully saturated rings. The fourth-order valence-electron chi connectivity index (χ4n) is 1.34. The van der Waals surface area contributed by atoms with Gasteiger partial charge in [-0.25, -0.2) is 13.2 Å². The van der Waals surface area contributed by atoms with E-state index >= 15 is 0 Å². The summed E-state index contributed by atoms with van der Waals surface area (Å²) < 4.78 is 29.5. The summed E-state index contributed by atoms with van der Waals surface area (Å²) in [5.74, 6) is -0.607. The van der Waals surface area contributed by atoms with E-state index in [-0.39, 0.29) is 6.61 Å². The molecule has 0 bridgehead atoms. The molecule has 0 aliphatic rings. The second kappa shape index (κ2) is 5.79. The highest BCUT2D eigenvalue weighted by molar-refractivity contribution is 7.88. The molecule has 17 heavy (non-hydrogen) atoms. The van der Waals surface area contributed by atoms with Crippen molar-refractivity contribution in [2.24, 2.45) is 0 Å². The van der Waals surface area contributed by atoms with Gasteiger partial charge in [0.2, 0.25) is 10.0 Å². The predicted octanol–water partition coefficient (Wildman–Crippen LogP) is 0.840. The lowest BCUT2D eigenvalue weighted by Crippen LogP contribution is -2.34. The molecule has 0 amide bonds. The summed E-state index contributed by atoms with van der Waals surface area (Å²) in [6.07, 6.45) is 1.00. The predicted molar refractivity (Wildman–Crippen MR) is 63.8 cm³/mol. The summed E-state index contributed by atoms with van der Waals surface area (Å²) in [4.78, 5) is 11.7. The smallest absolute Gasteiger partial charge is 0.328 e. The van der Waals surface area contributed by atoms with Crippen LogP contribution in [0.5, 0.6) is 0 Å². The average Bonchev–Trinajstić information content (AvgIpc) is 2.26. The minimum Gasteiger partial charge on any atom is -0.465 e. The van der Waals surface area contributed by atoms with E-state index < -0.39 is 22.0 Å². The Morgan fingerprint density at radius 3 is 2.41 bits per heavy atom. The standard InChI is InChI=1S/C11H15NO4S/c1-3-16-11(13)10(12-17(2,14)15)9-7-5-4-6-8-9/h4-8,10,12H,3H2,1-2H3/t10-/m0/s1. The SMILES string of the molecule is CCOC(=O)[C@@H](NS(C)(=O)=O)c1ccccc1. The molecule has 0 unspecified atom stereocenters. The van der Waals surface area contributed by atoms with Crippen molar-refractivity contribution >= 4 is 16.0 Å². The Morgan fingerprint density at radius 1 is 1.35 bits per heavy atom. The highest BCUT2D eigenvalue weighted by Gasteiger charge is 2.24. The van der Waals surface area contributed by atoms with Crippen molar-refractivity contribution in [3.05, 3.63) is 35.9 Å². The van der Waals surface area contributed by atoms with Gasteiger partial charge in [0.15, 0.2) is 0 Å². The van der Waals surface area contributed by atoms with Gasteiger partial charge in [0.25, 0.3) is 0 Å². The number of sulfonamides is 1. The zero-order chi connectivity index (χ0) is 12.9. The first-order valence-corrected chi connectivity index (χ1v) is 7.02. The van der Waals surface area contributed by atoms with Crippen LogP contribution in [0.1, 0.15) is 18.5 Å². The third-order valence-electron chi connectivity index (χ3n) is 1.99. The lowest BCUT2D eigenvalue weighted by atomic mass is 10.1. The Labute approximate surface area is 101 Å². The van der Waals surface area contributed by atoms with Crippen LogP contribution in [-0.4, -0.2) is 27.2 Å². The Kier molecular flexibility index (Phi) is 4.65. The van der Waals surface area contributed by atoms with Crippen molar-refractivity contribution in [3.63, 3.8) is 0 Å². The zero-order valence-electron chi connectivity index (χ0n) is 9.71. The first-order valence-electron chi connectivity index (χ1n) is 5.13. The second-order valence-corrected chi connectivity index (χ2v) is 5.27. The fraction of sp³-hybridized carbons (Fsp3) is 0.364. The van der Waals surface area contributed by atoms with E-state index in [4.69, 9.17) is 4.74 Å². The summed E-state index contributed by atoms with van der Waals surface area (Å²) in [6.45, 7) is 1.87. The number of ether oxygens (including phenoxy) is 1. The minimum atomic E-state index is -3.49. The van der Waals surface area contributed by atoms with E-state index in [1.807, 2.05) is 0 Å².